The van der Waals surface area contributed by atoms with Crippen molar-refractivity contribution in [3.63, 3.8) is 0 Å². The molecule has 0 bridgehead atoms. The van der Waals surface area contributed by atoms with E-state index in [4.69, 9.17) is 4.52 Å². The van der Waals surface area contributed by atoms with Gasteiger partial charge < -0.3 is 14.9 Å². The van der Waals surface area contributed by atoms with Crippen molar-refractivity contribution in [2.45, 2.75) is 39.7 Å². The zero-order valence-corrected chi connectivity index (χ0v) is 20.5. The largest absolute Gasteiger partial charge is 0.507 e. The molecular formula is C28H29N3O5. The molecule has 4 rings (SSSR count). The number of ketones is 1. The normalized spacial score (nSPS) is 17.1. The molecule has 2 heterocycles. The molecule has 0 aliphatic carbocycles. The standard InChI is InChI=1S/C28H29N3O5/c1-4-17(5-2)24-23(25(32)19-7-9-20(10-8-19)27(34)29-6-3)26(33)28(35)31(24)21-13-11-18(12-14-21)22-15-16-36-30-22/h7-17,24,32H,4-6H2,1-3H3,(H,29,34)/b25-23-. The van der Waals surface area contributed by atoms with Crippen molar-refractivity contribution in [2.75, 3.05) is 11.4 Å². The lowest BCUT2D eigenvalue weighted by Gasteiger charge is -2.31. The third-order valence-electron chi connectivity index (χ3n) is 6.62. The van der Waals surface area contributed by atoms with Crippen molar-refractivity contribution in [2.24, 2.45) is 5.92 Å². The van der Waals surface area contributed by atoms with Gasteiger partial charge in [-0.3, -0.25) is 19.3 Å². The van der Waals surface area contributed by atoms with Crippen LogP contribution in [0.25, 0.3) is 17.0 Å². The first-order valence-corrected chi connectivity index (χ1v) is 12.1. The summed E-state index contributed by atoms with van der Waals surface area (Å²) >= 11 is 0. The quantitative estimate of drug-likeness (QED) is 0.269. The van der Waals surface area contributed by atoms with Crippen molar-refractivity contribution in [3.05, 3.63) is 77.6 Å². The molecule has 1 unspecified atom stereocenters. The summed E-state index contributed by atoms with van der Waals surface area (Å²) in [5.74, 6) is -1.92. The van der Waals surface area contributed by atoms with Gasteiger partial charge in [-0.25, -0.2) is 0 Å². The Hall–Kier alpha value is -4.20. The van der Waals surface area contributed by atoms with Crippen LogP contribution in [0.4, 0.5) is 5.69 Å². The first kappa shape index (κ1) is 24.9. The van der Waals surface area contributed by atoms with E-state index in [0.29, 0.717) is 41.9 Å². The maximum atomic E-state index is 13.3. The van der Waals surface area contributed by atoms with Crippen molar-refractivity contribution in [1.29, 1.82) is 0 Å². The Morgan fingerprint density at radius 3 is 2.19 bits per heavy atom. The van der Waals surface area contributed by atoms with Gasteiger partial charge in [0.2, 0.25) is 0 Å². The lowest BCUT2D eigenvalue weighted by molar-refractivity contribution is -0.132. The molecule has 0 radical (unpaired) electrons. The van der Waals surface area contributed by atoms with E-state index in [1.807, 2.05) is 32.9 Å². The van der Waals surface area contributed by atoms with Crippen LogP contribution in [0.15, 0.2) is 71.0 Å². The molecule has 8 nitrogen and oxygen atoms in total. The van der Waals surface area contributed by atoms with E-state index >= 15 is 0 Å². The minimum Gasteiger partial charge on any atom is -0.507 e. The summed E-state index contributed by atoms with van der Waals surface area (Å²) in [4.78, 5) is 40.1. The maximum Gasteiger partial charge on any atom is 0.299 e. The molecule has 36 heavy (non-hydrogen) atoms. The number of aliphatic hydroxyl groups excluding tert-OH is 1. The van der Waals surface area contributed by atoms with Gasteiger partial charge in [0.1, 0.15) is 17.7 Å². The molecule has 3 aromatic rings. The average molecular weight is 488 g/mol. The third kappa shape index (κ3) is 4.54. The van der Waals surface area contributed by atoms with Crippen molar-refractivity contribution in [1.82, 2.24) is 10.5 Å². The van der Waals surface area contributed by atoms with Gasteiger partial charge in [-0.2, -0.15) is 0 Å². The van der Waals surface area contributed by atoms with Crippen LogP contribution in [0, 0.1) is 5.92 Å². The van der Waals surface area contributed by atoms with E-state index in [9.17, 15) is 19.5 Å². The Bertz CT molecular complexity index is 1270. The molecule has 186 valence electrons. The van der Waals surface area contributed by atoms with Gasteiger partial charge in [0.15, 0.2) is 0 Å². The summed E-state index contributed by atoms with van der Waals surface area (Å²) in [6.45, 7) is 6.34. The van der Waals surface area contributed by atoms with E-state index in [-0.39, 0.29) is 23.2 Å². The van der Waals surface area contributed by atoms with Crippen LogP contribution in [0.3, 0.4) is 0 Å². The fourth-order valence-electron chi connectivity index (χ4n) is 4.67. The monoisotopic (exact) mass is 487 g/mol. The highest BCUT2D eigenvalue weighted by Crippen LogP contribution is 2.39. The zero-order valence-electron chi connectivity index (χ0n) is 20.5. The number of benzene rings is 2. The second-order valence-corrected chi connectivity index (χ2v) is 8.66. The Balaban J connectivity index is 1.76. The fraction of sp³-hybridized carbons (Fsp3) is 0.286. The van der Waals surface area contributed by atoms with Gasteiger partial charge >= 0.3 is 0 Å². The van der Waals surface area contributed by atoms with E-state index < -0.39 is 17.7 Å². The number of Topliss-reactive ketones (excluding diaryl/α,β-unsaturated/α-hetero) is 1. The molecule has 1 saturated heterocycles. The first-order chi connectivity index (χ1) is 17.4. The smallest absolute Gasteiger partial charge is 0.299 e. The van der Waals surface area contributed by atoms with E-state index in [1.54, 1.807) is 42.5 Å². The summed E-state index contributed by atoms with van der Waals surface area (Å²) in [6, 6.07) is 14.6. The fourth-order valence-corrected chi connectivity index (χ4v) is 4.67. The Kier molecular flexibility index (Phi) is 7.33. The maximum absolute atomic E-state index is 13.3. The Morgan fingerprint density at radius 2 is 1.64 bits per heavy atom. The average Bonchev–Trinajstić information content (AvgIpc) is 3.52. The predicted molar refractivity (Wildman–Crippen MR) is 136 cm³/mol. The number of carbonyl (C=O) groups is 3. The second kappa shape index (κ2) is 10.6. The van der Waals surface area contributed by atoms with Gasteiger partial charge in [0.25, 0.3) is 17.6 Å². The number of anilines is 1. The molecule has 1 aliphatic heterocycles. The van der Waals surface area contributed by atoms with E-state index in [2.05, 4.69) is 10.5 Å². The number of aliphatic hydroxyl groups is 1. The van der Waals surface area contributed by atoms with Crippen molar-refractivity contribution < 1.29 is 24.0 Å². The van der Waals surface area contributed by atoms with Crippen LogP contribution in [0.1, 0.15) is 49.5 Å². The highest BCUT2D eigenvalue weighted by Gasteiger charge is 2.48. The predicted octanol–water partition coefficient (Wildman–Crippen LogP) is 4.78. The summed E-state index contributed by atoms with van der Waals surface area (Å²) in [6.07, 6.45) is 2.90. The number of amides is 2. The highest BCUT2D eigenvalue weighted by molar-refractivity contribution is 6.51. The van der Waals surface area contributed by atoms with Gasteiger partial charge in [-0.05, 0) is 37.1 Å². The second-order valence-electron chi connectivity index (χ2n) is 8.66. The number of carbonyl (C=O) groups excluding carboxylic acids is 3. The number of hydrogen-bond donors (Lipinski definition) is 2. The molecule has 1 atom stereocenters. The van der Waals surface area contributed by atoms with E-state index in [1.165, 1.54) is 11.2 Å². The van der Waals surface area contributed by atoms with Crippen LogP contribution in [0.2, 0.25) is 0 Å². The third-order valence-corrected chi connectivity index (χ3v) is 6.62. The highest BCUT2D eigenvalue weighted by atomic mass is 16.5. The molecular weight excluding hydrogens is 458 g/mol. The van der Waals surface area contributed by atoms with Crippen LogP contribution >= 0.6 is 0 Å². The topological polar surface area (TPSA) is 113 Å². The molecule has 0 saturated carbocycles. The van der Waals surface area contributed by atoms with Gasteiger partial charge in [-0.1, -0.05) is 56.1 Å². The van der Waals surface area contributed by atoms with Gasteiger partial charge in [-0.15, -0.1) is 0 Å². The lowest BCUT2D eigenvalue weighted by atomic mass is 9.87. The Labute approximate surface area is 209 Å². The number of hydrogen-bond acceptors (Lipinski definition) is 6. The molecule has 8 heteroatoms. The lowest BCUT2D eigenvalue weighted by Crippen LogP contribution is -2.39. The summed E-state index contributed by atoms with van der Waals surface area (Å²) in [5.41, 5.74) is 2.94. The van der Waals surface area contributed by atoms with Crippen LogP contribution in [-0.2, 0) is 9.59 Å². The number of aromatic nitrogens is 1. The number of nitrogens with one attached hydrogen (secondary N) is 1. The molecule has 1 fully saturated rings. The molecule has 2 N–H and O–H groups in total. The summed E-state index contributed by atoms with van der Waals surface area (Å²) < 4.78 is 4.91. The van der Waals surface area contributed by atoms with Crippen molar-refractivity contribution >= 4 is 29.0 Å². The van der Waals surface area contributed by atoms with Crippen LogP contribution < -0.4 is 10.2 Å². The van der Waals surface area contributed by atoms with Crippen LogP contribution in [0.5, 0.6) is 0 Å². The molecule has 0 spiro atoms. The van der Waals surface area contributed by atoms with Crippen LogP contribution in [-0.4, -0.2) is 40.4 Å². The summed E-state index contributed by atoms with van der Waals surface area (Å²) in [7, 11) is 0. The number of nitrogens with zero attached hydrogens (tertiary/aromatic N) is 2. The van der Waals surface area contributed by atoms with Crippen molar-refractivity contribution in [3.8, 4) is 11.3 Å². The SMILES string of the molecule is CCNC(=O)c1ccc(/C(O)=C2/C(=O)C(=O)N(c3ccc(-c4ccon4)cc3)C2C(CC)CC)cc1. The molecule has 1 aromatic heterocycles. The van der Waals surface area contributed by atoms with Gasteiger partial charge in [0.05, 0.1) is 11.6 Å². The molecule has 2 aromatic carbocycles. The molecule has 1 aliphatic rings. The minimum absolute atomic E-state index is 0.0534. The minimum atomic E-state index is -0.724. The Morgan fingerprint density at radius 1 is 1.00 bits per heavy atom. The first-order valence-electron chi connectivity index (χ1n) is 12.1. The molecule has 2 amide bonds. The number of rotatable bonds is 8. The van der Waals surface area contributed by atoms with E-state index in [0.717, 1.165) is 5.56 Å². The van der Waals surface area contributed by atoms with Gasteiger partial charge in [0, 0.05) is 35.0 Å². The zero-order chi connectivity index (χ0) is 25.8. The summed E-state index contributed by atoms with van der Waals surface area (Å²) in [5, 5.41) is 17.9.